The highest BCUT2D eigenvalue weighted by molar-refractivity contribution is 7.98. The van der Waals surface area contributed by atoms with Crippen molar-refractivity contribution in [1.82, 2.24) is 9.03 Å². The topological polar surface area (TPSA) is 49.4 Å². The molecule has 0 aliphatic carbocycles. The molecule has 130 valence electrons. The Balaban J connectivity index is 1.74. The zero-order valence-corrected chi connectivity index (χ0v) is 15.3. The Bertz CT molecular complexity index is 600. The first-order chi connectivity index (χ1) is 10.9. The second-order valence-corrected chi connectivity index (χ2v) is 9.17. The van der Waals surface area contributed by atoms with Gasteiger partial charge in [-0.1, -0.05) is 32.0 Å². The average Bonchev–Trinajstić information content (AvgIpc) is 2.47. The highest BCUT2D eigenvalue weighted by Crippen LogP contribution is 2.22. The van der Waals surface area contributed by atoms with Crippen LogP contribution in [0.4, 0.5) is 4.39 Å². The normalized spacial score (nSPS) is 23.1. The molecule has 7 heteroatoms. The number of benzene rings is 1. The van der Waals surface area contributed by atoms with Crippen molar-refractivity contribution in [3.8, 4) is 0 Å². The van der Waals surface area contributed by atoms with Gasteiger partial charge in [-0.3, -0.25) is 0 Å². The fourth-order valence-corrected chi connectivity index (χ4v) is 5.35. The Morgan fingerprint density at radius 1 is 1.26 bits per heavy atom. The number of rotatable bonds is 7. The van der Waals surface area contributed by atoms with Gasteiger partial charge in [-0.05, 0) is 29.9 Å². The van der Waals surface area contributed by atoms with Gasteiger partial charge in [0.25, 0.3) is 10.2 Å². The molecule has 2 atom stereocenters. The molecule has 1 aliphatic rings. The minimum absolute atomic E-state index is 0.211. The molecule has 23 heavy (non-hydrogen) atoms. The molecule has 0 spiro atoms. The zero-order chi connectivity index (χ0) is 16.9. The third-order valence-corrected chi connectivity index (χ3v) is 6.48. The van der Waals surface area contributed by atoms with E-state index in [0.29, 0.717) is 48.5 Å². The molecular formula is C16H25FN2O2S2. The van der Waals surface area contributed by atoms with Crippen molar-refractivity contribution in [2.24, 2.45) is 11.8 Å². The summed E-state index contributed by atoms with van der Waals surface area (Å²) in [6, 6.07) is 6.67. The van der Waals surface area contributed by atoms with E-state index < -0.39 is 10.2 Å². The van der Waals surface area contributed by atoms with Crippen LogP contribution in [0.15, 0.2) is 24.3 Å². The summed E-state index contributed by atoms with van der Waals surface area (Å²) in [5, 5.41) is 0. The first-order valence-corrected chi connectivity index (χ1v) is 10.5. The minimum atomic E-state index is -3.41. The van der Waals surface area contributed by atoms with Gasteiger partial charge in [-0.15, -0.1) is 0 Å². The van der Waals surface area contributed by atoms with Gasteiger partial charge in [0, 0.05) is 31.1 Å². The average molecular weight is 361 g/mol. The lowest BCUT2D eigenvalue weighted by atomic mass is 9.94. The van der Waals surface area contributed by atoms with Gasteiger partial charge >= 0.3 is 0 Å². The maximum absolute atomic E-state index is 13.5. The lowest BCUT2D eigenvalue weighted by molar-refractivity contribution is 0.221. The first kappa shape index (κ1) is 18.7. The Kier molecular flexibility index (Phi) is 6.88. The van der Waals surface area contributed by atoms with Crippen LogP contribution in [0.5, 0.6) is 0 Å². The quantitative estimate of drug-likeness (QED) is 0.761. The largest absolute Gasteiger partial charge is 0.279 e. The third kappa shape index (κ3) is 5.74. The van der Waals surface area contributed by atoms with E-state index in [0.717, 1.165) is 6.42 Å². The molecule has 2 rings (SSSR count). The first-order valence-electron chi connectivity index (χ1n) is 7.94. The Morgan fingerprint density at radius 2 is 1.91 bits per heavy atom. The molecule has 0 saturated carbocycles. The molecule has 1 N–H and O–H groups in total. The summed E-state index contributed by atoms with van der Waals surface area (Å²) in [4.78, 5) is 0. The van der Waals surface area contributed by atoms with Crippen LogP contribution < -0.4 is 4.72 Å². The summed E-state index contributed by atoms with van der Waals surface area (Å²) in [5.74, 6) is 1.74. The summed E-state index contributed by atoms with van der Waals surface area (Å²) < 4.78 is 42.3. The van der Waals surface area contributed by atoms with Gasteiger partial charge in [0.1, 0.15) is 5.82 Å². The van der Waals surface area contributed by atoms with E-state index in [9.17, 15) is 12.8 Å². The predicted molar refractivity (Wildman–Crippen MR) is 94.0 cm³/mol. The van der Waals surface area contributed by atoms with E-state index in [-0.39, 0.29) is 5.82 Å². The van der Waals surface area contributed by atoms with Crippen molar-refractivity contribution in [3.05, 3.63) is 35.6 Å². The van der Waals surface area contributed by atoms with Crippen LogP contribution in [0.1, 0.15) is 25.8 Å². The standard InChI is InChI=1S/C16H25FN2O2S2/c1-13-9-14(2)11-19(10-13)23(20,21)18-7-8-22-12-15-5-3-4-6-16(15)17/h3-6,13-14,18H,7-12H2,1-2H3. The van der Waals surface area contributed by atoms with E-state index in [1.54, 1.807) is 22.5 Å². The number of nitrogens with one attached hydrogen (secondary N) is 1. The molecule has 1 heterocycles. The van der Waals surface area contributed by atoms with Gasteiger partial charge in [-0.2, -0.15) is 24.5 Å². The number of hydrogen-bond acceptors (Lipinski definition) is 3. The van der Waals surface area contributed by atoms with Crippen LogP contribution in [0.2, 0.25) is 0 Å². The van der Waals surface area contributed by atoms with E-state index in [2.05, 4.69) is 18.6 Å². The van der Waals surface area contributed by atoms with Crippen LogP contribution in [-0.2, 0) is 16.0 Å². The van der Waals surface area contributed by atoms with Gasteiger partial charge in [-0.25, -0.2) is 9.11 Å². The van der Waals surface area contributed by atoms with Gasteiger partial charge < -0.3 is 0 Å². The molecule has 1 aromatic carbocycles. The molecule has 0 amide bonds. The van der Waals surface area contributed by atoms with E-state index >= 15 is 0 Å². The summed E-state index contributed by atoms with van der Waals surface area (Å²) in [7, 11) is -3.41. The van der Waals surface area contributed by atoms with Crippen LogP contribution in [0.3, 0.4) is 0 Å². The maximum Gasteiger partial charge on any atom is 0.279 e. The fraction of sp³-hybridized carbons (Fsp3) is 0.625. The number of halogens is 1. The SMILES string of the molecule is CC1CC(C)CN(S(=O)(=O)NCCSCc2ccccc2F)C1. The highest BCUT2D eigenvalue weighted by Gasteiger charge is 2.29. The second-order valence-electron chi connectivity index (χ2n) is 6.31. The predicted octanol–water partition coefficient (Wildman–Crippen LogP) is 2.87. The van der Waals surface area contributed by atoms with E-state index in [1.165, 1.54) is 17.8 Å². The molecule has 0 aromatic heterocycles. The number of thioether (sulfide) groups is 1. The molecule has 1 saturated heterocycles. The summed E-state index contributed by atoms with van der Waals surface area (Å²) in [6.07, 6.45) is 1.07. The maximum atomic E-state index is 13.5. The number of piperidine rings is 1. The van der Waals surface area contributed by atoms with Crippen molar-refractivity contribution >= 4 is 22.0 Å². The van der Waals surface area contributed by atoms with Crippen molar-refractivity contribution in [1.29, 1.82) is 0 Å². The van der Waals surface area contributed by atoms with Crippen LogP contribution in [-0.4, -0.2) is 38.1 Å². The van der Waals surface area contributed by atoms with Crippen LogP contribution in [0.25, 0.3) is 0 Å². The molecule has 0 radical (unpaired) electrons. The Hall–Kier alpha value is -0.630. The van der Waals surface area contributed by atoms with E-state index in [1.807, 2.05) is 0 Å². The fourth-order valence-electron chi connectivity index (χ4n) is 2.93. The van der Waals surface area contributed by atoms with Crippen molar-refractivity contribution in [2.45, 2.75) is 26.0 Å². The Labute approximate surface area is 143 Å². The monoisotopic (exact) mass is 360 g/mol. The molecular weight excluding hydrogens is 335 g/mol. The smallest absolute Gasteiger partial charge is 0.207 e. The summed E-state index contributed by atoms with van der Waals surface area (Å²) in [5.41, 5.74) is 0.652. The van der Waals surface area contributed by atoms with Crippen molar-refractivity contribution in [3.63, 3.8) is 0 Å². The van der Waals surface area contributed by atoms with Crippen molar-refractivity contribution in [2.75, 3.05) is 25.4 Å². The second kappa shape index (κ2) is 8.46. The van der Waals surface area contributed by atoms with Gasteiger partial charge in [0.15, 0.2) is 0 Å². The van der Waals surface area contributed by atoms with E-state index in [4.69, 9.17) is 0 Å². The summed E-state index contributed by atoms with van der Waals surface area (Å²) in [6.45, 7) is 5.70. The zero-order valence-electron chi connectivity index (χ0n) is 13.7. The molecule has 0 bridgehead atoms. The molecule has 1 fully saturated rings. The number of hydrogen-bond donors (Lipinski definition) is 1. The lowest BCUT2D eigenvalue weighted by Gasteiger charge is -2.33. The van der Waals surface area contributed by atoms with Crippen LogP contribution >= 0.6 is 11.8 Å². The highest BCUT2D eigenvalue weighted by atomic mass is 32.2. The minimum Gasteiger partial charge on any atom is -0.207 e. The Morgan fingerprint density at radius 3 is 2.57 bits per heavy atom. The number of nitrogens with zero attached hydrogens (tertiary/aromatic N) is 1. The molecule has 4 nitrogen and oxygen atoms in total. The van der Waals surface area contributed by atoms with Gasteiger partial charge in [0.2, 0.25) is 0 Å². The summed E-state index contributed by atoms with van der Waals surface area (Å²) >= 11 is 1.52. The molecule has 1 aliphatic heterocycles. The molecule has 1 aromatic rings. The third-order valence-electron chi connectivity index (χ3n) is 3.92. The van der Waals surface area contributed by atoms with Crippen LogP contribution in [0, 0.1) is 17.7 Å². The molecule has 2 unspecified atom stereocenters. The van der Waals surface area contributed by atoms with Gasteiger partial charge in [0.05, 0.1) is 0 Å². The lowest BCUT2D eigenvalue weighted by Crippen LogP contribution is -2.48. The van der Waals surface area contributed by atoms with Crippen molar-refractivity contribution < 1.29 is 12.8 Å².